The predicted octanol–water partition coefficient (Wildman–Crippen LogP) is 4.03. The van der Waals surface area contributed by atoms with Gasteiger partial charge in [0.2, 0.25) is 0 Å². The Labute approximate surface area is 186 Å². The van der Waals surface area contributed by atoms with Gasteiger partial charge in [0.1, 0.15) is 5.75 Å². The number of piperidine rings is 1. The number of carbonyl (C=O) groups is 2. The first-order valence-electron chi connectivity index (χ1n) is 10.6. The fourth-order valence-corrected chi connectivity index (χ4v) is 3.55. The summed E-state index contributed by atoms with van der Waals surface area (Å²) in [4.78, 5) is 37.5. The lowest BCUT2D eigenvalue weighted by Gasteiger charge is -2.33. The molecule has 1 aliphatic rings. The Morgan fingerprint density at radius 1 is 1.19 bits per heavy atom. The summed E-state index contributed by atoms with van der Waals surface area (Å²) in [7, 11) is 0. The Bertz CT molecular complexity index is 985. The largest absolute Gasteiger partial charge is 0.482 e. The van der Waals surface area contributed by atoms with Crippen LogP contribution >= 0.6 is 0 Å². The highest BCUT2D eigenvalue weighted by Gasteiger charge is 2.23. The van der Waals surface area contributed by atoms with Crippen molar-refractivity contribution in [3.63, 3.8) is 0 Å². The van der Waals surface area contributed by atoms with E-state index in [1.807, 2.05) is 0 Å². The van der Waals surface area contributed by atoms with Gasteiger partial charge in [-0.15, -0.1) is 0 Å². The molecule has 9 heteroatoms. The number of carbonyl (C=O) groups excluding carboxylic acids is 2. The Balaban J connectivity index is 1.79. The van der Waals surface area contributed by atoms with Crippen molar-refractivity contribution in [1.29, 1.82) is 0 Å². The van der Waals surface area contributed by atoms with E-state index in [0.717, 1.165) is 25.9 Å². The maximum Gasteiger partial charge on any atom is 0.344 e. The highest BCUT2D eigenvalue weighted by molar-refractivity contribution is 6.08. The van der Waals surface area contributed by atoms with Gasteiger partial charge in [0.25, 0.3) is 11.6 Å². The molecule has 0 radical (unpaired) electrons. The number of anilines is 2. The molecule has 0 aliphatic carbocycles. The van der Waals surface area contributed by atoms with Crippen molar-refractivity contribution in [2.75, 3.05) is 36.5 Å². The fraction of sp³-hybridized carbons (Fsp3) is 0.391. The van der Waals surface area contributed by atoms with E-state index in [-0.39, 0.29) is 24.5 Å². The van der Waals surface area contributed by atoms with Crippen LogP contribution in [0.3, 0.4) is 0 Å². The van der Waals surface area contributed by atoms with Gasteiger partial charge in [-0.2, -0.15) is 0 Å². The second-order valence-corrected chi connectivity index (χ2v) is 7.70. The number of benzene rings is 2. The number of hydrogen-bond acceptors (Lipinski definition) is 7. The normalized spacial score (nSPS) is 14.0. The third-order valence-corrected chi connectivity index (χ3v) is 5.31. The fourth-order valence-electron chi connectivity index (χ4n) is 3.55. The smallest absolute Gasteiger partial charge is 0.344 e. The first-order valence-corrected chi connectivity index (χ1v) is 10.6. The van der Waals surface area contributed by atoms with Crippen molar-refractivity contribution in [2.24, 2.45) is 5.92 Å². The third kappa shape index (κ3) is 5.96. The zero-order chi connectivity index (χ0) is 23.1. The quantitative estimate of drug-likeness (QED) is 0.374. The number of non-ortho nitro benzene ring substituents is 1. The summed E-state index contributed by atoms with van der Waals surface area (Å²) >= 11 is 0. The zero-order valence-electron chi connectivity index (χ0n) is 18.2. The van der Waals surface area contributed by atoms with Gasteiger partial charge >= 0.3 is 5.97 Å². The van der Waals surface area contributed by atoms with Crippen LogP contribution in [0.4, 0.5) is 17.1 Å². The first kappa shape index (κ1) is 23.1. The molecule has 0 aromatic heterocycles. The maximum atomic E-state index is 13.1. The van der Waals surface area contributed by atoms with E-state index in [1.54, 1.807) is 37.3 Å². The van der Waals surface area contributed by atoms with Gasteiger partial charge in [0.15, 0.2) is 6.61 Å². The van der Waals surface area contributed by atoms with Gasteiger partial charge in [-0.05, 0) is 43.9 Å². The molecule has 1 heterocycles. The van der Waals surface area contributed by atoms with Crippen LogP contribution < -0.4 is 15.0 Å². The van der Waals surface area contributed by atoms with Crippen LogP contribution in [0.5, 0.6) is 5.75 Å². The van der Waals surface area contributed by atoms with Gasteiger partial charge < -0.3 is 19.7 Å². The maximum absolute atomic E-state index is 13.1. The van der Waals surface area contributed by atoms with Crippen molar-refractivity contribution in [2.45, 2.75) is 26.7 Å². The zero-order valence-corrected chi connectivity index (χ0v) is 18.2. The molecular formula is C23H27N3O6. The van der Waals surface area contributed by atoms with Crippen molar-refractivity contribution in [3.8, 4) is 5.75 Å². The number of nitro benzene ring substituents is 1. The third-order valence-electron chi connectivity index (χ3n) is 5.31. The van der Waals surface area contributed by atoms with E-state index in [1.165, 1.54) is 12.1 Å². The minimum atomic E-state index is -0.511. The van der Waals surface area contributed by atoms with Gasteiger partial charge in [0, 0.05) is 37.0 Å². The van der Waals surface area contributed by atoms with E-state index < -0.39 is 16.8 Å². The molecule has 1 fully saturated rings. The van der Waals surface area contributed by atoms with Crippen LogP contribution in [0, 0.1) is 16.0 Å². The van der Waals surface area contributed by atoms with Crippen LogP contribution in [0.1, 0.15) is 37.0 Å². The number of amides is 1. The van der Waals surface area contributed by atoms with Crippen LogP contribution in [0.15, 0.2) is 42.5 Å². The lowest BCUT2D eigenvalue weighted by Crippen LogP contribution is -2.34. The Kier molecular flexibility index (Phi) is 7.64. The average Bonchev–Trinajstić information content (AvgIpc) is 2.78. The standard InChI is InChI=1S/C23H27N3O6/c1-3-31-22(27)15-32-19-6-4-5-17(13-19)24-23(28)20-14-18(26(29)30)7-8-21(20)25-11-9-16(2)10-12-25/h4-8,13-14,16H,3,9-12,15H2,1-2H3,(H,24,28). The van der Waals surface area contributed by atoms with E-state index in [2.05, 4.69) is 17.1 Å². The summed E-state index contributed by atoms with van der Waals surface area (Å²) in [5.74, 6) is 0.0583. The Hall–Kier alpha value is -3.62. The Morgan fingerprint density at radius 3 is 2.62 bits per heavy atom. The SMILES string of the molecule is CCOC(=O)COc1cccc(NC(=O)c2cc([N+](=O)[O-])ccc2N2CCC(C)CC2)c1. The molecule has 1 amide bonds. The molecule has 3 rings (SSSR count). The monoisotopic (exact) mass is 441 g/mol. The van der Waals surface area contributed by atoms with E-state index in [0.29, 0.717) is 23.0 Å². The molecule has 9 nitrogen and oxygen atoms in total. The van der Waals surface area contributed by atoms with Crippen molar-refractivity contribution in [3.05, 3.63) is 58.1 Å². The summed E-state index contributed by atoms with van der Waals surface area (Å²) in [6.45, 7) is 5.50. The summed E-state index contributed by atoms with van der Waals surface area (Å²) in [5.41, 5.74) is 1.22. The second-order valence-electron chi connectivity index (χ2n) is 7.70. The molecule has 0 unspecified atom stereocenters. The van der Waals surface area contributed by atoms with Gasteiger partial charge in [0.05, 0.1) is 22.8 Å². The molecule has 170 valence electrons. The number of esters is 1. The summed E-state index contributed by atoms with van der Waals surface area (Å²) in [6.07, 6.45) is 2.00. The molecule has 0 bridgehead atoms. The molecule has 0 saturated carbocycles. The van der Waals surface area contributed by atoms with Crippen molar-refractivity contribution >= 4 is 28.9 Å². The molecule has 32 heavy (non-hydrogen) atoms. The molecule has 0 spiro atoms. The first-order chi connectivity index (χ1) is 15.4. The van der Waals surface area contributed by atoms with Crippen LogP contribution in [-0.2, 0) is 9.53 Å². The lowest BCUT2D eigenvalue weighted by atomic mass is 9.98. The van der Waals surface area contributed by atoms with E-state index in [9.17, 15) is 19.7 Å². The van der Waals surface area contributed by atoms with Gasteiger partial charge in [-0.3, -0.25) is 14.9 Å². The number of nitrogens with zero attached hydrogens (tertiary/aromatic N) is 2. The molecule has 2 aromatic carbocycles. The van der Waals surface area contributed by atoms with Crippen LogP contribution in [0.25, 0.3) is 0 Å². The summed E-state index contributed by atoms with van der Waals surface area (Å²) < 4.78 is 10.2. The second kappa shape index (κ2) is 10.6. The summed E-state index contributed by atoms with van der Waals surface area (Å²) in [6, 6.07) is 11.0. The molecule has 1 saturated heterocycles. The highest BCUT2D eigenvalue weighted by Crippen LogP contribution is 2.30. The molecule has 2 aromatic rings. The number of rotatable bonds is 8. The number of nitro groups is 1. The predicted molar refractivity (Wildman–Crippen MR) is 120 cm³/mol. The van der Waals surface area contributed by atoms with E-state index >= 15 is 0 Å². The minimum Gasteiger partial charge on any atom is -0.482 e. The summed E-state index contributed by atoms with van der Waals surface area (Å²) in [5, 5.41) is 14.1. The molecular weight excluding hydrogens is 414 g/mol. The lowest BCUT2D eigenvalue weighted by molar-refractivity contribution is -0.384. The number of hydrogen-bond donors (Lipinski definition) is 1. The van der Waals surface area contributed by atoms with Crippen molar-refractivity contribution in [1.82, 2.24) is 0 Å². The highest BCUT2D eigenvalue weighted by atomic mass is 16.6. The van der Waals surface area contributed by atoms with Crippen molar-refractivity contribution < 1.29 is 24.0 Å². The minimum absolute atomic E-state index is 0.143. The van der Waals surface area contributed by atoms with Gasteiger partial charge in [-0.25, -0.2) is 4.79 Å². The number of nitrogens with one attached hydrogen (secondary N) is 1. The average molecular weight is 441 g/mol. The molecule has 1 aliphatic heterocycles. The Morgan fingerprint density at radius 2 is 1.94 bits per heavy atom. The van der Waals surface area contributed by atoms with E-state index in [4.69, 9.17) is 9.47 Å². The van der Waals surface area contributed by atoms with Crippen LogP contribution in [0.2, 0.25) is 0 Å². The topological polar surface area (TPSA) is 111 Å². The number of ether oxygens (including phenoxy) is 2. The molecule has 0 atom stereocenters. The molecule has 1 N–H and O–H groups in total. The van der Waals surface area contributed by atoms with Gasteiger partial charge in [-0.1, -0.05) is 13.0 Å². The van der Waals surface area contributed by atoms with Crippen LogP contribution in [-0.4, -0.2) is 43.1 Å².